The molecule has 18 heavy (non-hydrogen) atoms. The third kappa shape index (κ3) is 3.46. The van der Waals surface area contributed by atoms with E-state index < -0.39 is 0 Å². The topological polar surface area (TPSA) is 30.5 Å². The van der Waals surface area contributed by atoms with Gasteiger partial charge in [0.25, 0.3) is 0 Å². The van der Waals surface area contributed by atoms with Crippen molar-refractivity contribution < 1.29 is 9.47 Å². The largest absolute Gasteiger partial charge is 0.378 e. The highest BCUT2D eigenvalue weighted by Gasteiger charge is 2.40. The van der Waals surface area contributed by atoms with Gasteiger partial charge in [0, 0.05) is 25.7 Å². The fourth-order valence-electron chi connectivity index (χ4n) is 3.47. The Labute approximate surface area is 112 Å². The fourth-order valence-corrected chi connectivity index (χ4v) is 3.47. The normalized spacial score (nSPS) is 34.3. The molecule has 0 bridgehead atoms. The minimum Gasteiger partial charge on any atom is -0.378 e. The lowest BCUT2D eigenvalue weighted by Gasteiger charge is -2.37. The van der Waals surface area contributed by atoms with Crippen LogP contribution in [0.1, 0.15) is 46.0 Å². The maximum absolute atomic E-state index is 6.00. The first-order valence-corrected chi connectivity index (χ1v) is 7.54. The van der Waals surface area contributed by atoms with Crippen LogP contribution in [0.25, 0.3) is 0 Å². The van der Waals surface area contributed by atoms with Crippen LogP contribution < -0.4 is 5.32 Å². The SMILES string of the molecule is CNC(CCC1CCOC2(CCOC2)C1)C(C)C. The molecule has 2 saturated heterocycles. The summed E-state index contributed by atoms with van der Waals surface area (Å²) in [6, 6.07) is 0.656. The van der Waals surface area contributed by atoms with Gasteiger partial charge >= 0.3 is 0 Å². The first-order valence-electron chi connectivity index (χ1n) is 7.54. The first kappa shape index (κ1) is 14.3. The van der Waals surface area contributed by atoms with Crippen molar-refractivity contribution in [2.75, 3.05) is 26.9 Å². The molecule has 0 radical (unpaired) electrons. The summed E-state index contributed by atoms with van der Waals surface area (Å²) in [6.07, 6.45) is 6.16. The van der Waals surface area contributed by atoms with Crippen LogP contribution in [0.3, 0.4) is 0 Å². The van der Waals surface area contributed by atoms with Gasteiger partial charge in [-0.25, -0.2) is 0 Å². The van der Waals surface area contributed by atoms with Crippen molar-refractivity contribution in [3.05, 3.63) is 0 Å². The lowest BCUT2D eigenvalue weighted by Crippen LogP contribution is -2.41. The Bertz CT molecular complexity index is 249. The summed E-state index contributed by atoms with van der Waals surface area (Å²) >= 11 is 0. The van der Waals surface area contributed by atoms with E-state index >= 15 is 0 Å². The average Bonchev–Trinajstić information content (AvgIpc) is 2.78. The highest BCUT2D eigenvalue weighted by atomic mass is 16.6. The molecule has 106 valence electrons. The van der Waals surface area contributed by atoms with E-state index in [4.69, 9.17) is 9.47 Å². The Morgan fingerprint density at radius 3 is 2.78 bits per heavy atom. The molecule has 3 nitrogen and oxygen atoms in total. The van der Waals surface area contributed by atoms with Gasteiger partial charge in [-0.3, -0.25) is 0 Å². The second-order valence-corrected chi connectivity index (χ2v) is 6.41. The average molecular weight is 255 g/mol. The molecule has 2 aliphatic heterocycles. The molecule has 3 heteroatoms. The molecule has 1 spiro atoms. The second-order valence-electron chi connectivity index (χ2n) is 6.41. The van der Waals surface area contributed by atoms with Crippen LogP contribution in [-0.2, 0) is 9.47 Å². The zero-order valence-corrected chi connectivity index (χ0v) is 12.2. The quantitative estimate of drug-likeness (QED) is 0.819. The maximum Gasteiger partial charge on any atom is 0.0939 e. The van der Waals surface area contributed by atoms with Crippen LogP contribution in [0, 0.1) is 11.8 Å². The van der Waals surface area contributed by atoms with E-state index in [1.165, 1.54) is 25.7 Å². The summed E-state index contributed by atoms with van der Waals surface area (Å²) in [5.41, 5.74) is 0.0793. The van der Waals surface area contributed by atoms with Crippen molar-refractivity contribution in [2.45, 2.75) is 57.6 Å². The molecule has 2 aliphatic rings. The van der Waals surface area contributed by atoms with Crippen molar-refractivity contribution in [3.63, 3.8) is 0 Å². The molecule has 2 rings (SSSR count). The minimum atomic E-state index is 0.0793. The van der Waals surface area contributed by atoms with Gasteiger partial charge in [-0.15, -0.1) is 0 Å². The van der Waals surface area contributed by atoms with Crippen molar-refractivity contribution >= 4 is 0 Å². The van der Waals surface area contributed by atoms with E-state index in [2.05, 4.69) is 26.2 Å². The van der Waals surface area contributed by atoms with E-state index in [-0.39, 0.29) is 5.60 Å². The second kappa shape index (κ2) is 6.36. The number of hydrogen-bond acceptors (Lipinski definition) is 3. The Kier molecular flexibility index (Phi) is 5.05. The molecule has 3 unspecified atom stereocenters. The van der Waals surface area contributed by atoms with Gasteiger partial charge in [-0.2, -0.15) is 0 Å². The van der Waals surface area contributed by atoms with Crippen molar-refractivity contribution in [1.82, 2.24) is 5.32 Å². The molecule has 2 heterocycles. The minimum absolute atomic E-state index is 0.0793. The van der Waals surface area contributed by atoms with E-state index in [0.717, 1.165) is 38.1 Å². The molecule has 0 aliphatic carbocycles. The third-order valence-electron chi connectivity index (χ3n) is 4.72. The molecule has 1 N–H and O–H groups in total. The van der Waals surface area contributed by atoms with Crippen LogP contribution >= 0.6 is 0 Å². The number of hydrogen-bond donors (Lipinski definition) is 1. The molecular formula is C15H29NO2. The molecule has 0 amide bonds. The standard InChI is InChI=1S/C15H29NO2/c1-12(2)14(16-3)5-4-13-6-8-18-15(10-13)7-9-17-11-15/h12-14,16H,4-11H2,1-3H3. The zero-order valence-electron chi connectivity index (χ0n) is 12.2. The highest BCUT2D eigenvalue weighted by Crippen LogP contribution is 2.37. The smallest absolute Gasteiger partial charge is 0.0939 e. The van der Waals surface area contributed by atoms with Crippen LogP contribution in [0.2, 0.25) is 0 Å². The van der Waals surface area contributed by atoms with Crippen LogP contribution in [0.4, 0.5) is 0 Å². The van der Waals surface area contributed by atoms with Crippen molar-refractivity contribution in [2.24, 2.45) is 11.8 Å². The Morgan fingerprint density at radius 1 is 1.33 bits per heavy atom. The number of rotatable bonds is 5. The molecule has 0 aromatic rings. The lowest BCUT2D eigenvalue weighted by molar-refractivity contribution is -0.0992. The van der Waals surface area contributed by atoms with E-state index in [1.54, 1.807) is 0 Å². The summed E-state index contributed by atoms with van der Waals surface area (Å²) in [6.45, 7) is 7.25. The van der Waals surface area contributed by atoms with Crippen molar-refractivity contribution in [1.29, 1.82) is 0 Å². The Balaban J connectivity index is 1.79. The van der Waals surface area contributed by atoms with Gasteiger partial charge in [0.1, 0.15) is 0 Å². The van der Waals surface area contributed by atoms with Gasteiger partial charge in [0.2, 0.25) is 0 Å². The summed E-state index contributed by atoms with van der Waals surface area (Å²) in [5.74, 6) is 1.55. The molecule has 0 saturated carbocycles. The summed E-state index contributed by atoms with van der Waals surface area (Å²) in [7, 11) is 2.08. The van der Waals surface area contributed by atoms with Gasteiger partial charge in [-0.1, -0.05) is 13.8 Å². The maximum atomic E-state index is 6.00. The van der Waals surface area contributed by atoms with Crippen molar-refractivity contribution in [3.8, 4) is 0 Å². The van der Waals surface area contributed by atoms with Crippen LogP contribution in [0.15, 0.2) is 0 Å². The highest BCUT2D eigenvalue weighted by molar-refractivity contribution is 4.90. The van der Waals surface area contributed by atoms with Gasteiger partial charge in [0.15, 0.2) is 0 Å². The Hall–Kier alpha value is -0.120. The number of nitrogens with one attached hydrogen (secondary N) is 1. The van der Waals surface area contributed by atoms with Gasteiger partial charge in [-0.05, 0) is 44.6 Å². The van der Waals surface area contributed by atoms with Crippen LogP contribution in [0.5, 0.6) is 0 Å². The molecule has 3 atom stereocenters. The van der Waals surface area contributed by atoms with Crippen LogP contribution in [-0.4, -0.2) is 38.5 Å². The van der Waals surface area contributed by atoms with Gasteiger partial charge < -0.3 is 14.8 Å². The first-order chi connectivity index (χ1) is 8.65. The third-order valence-corrected chi connectivity index (χ3v) is 4.72. The lowest BCUT2D eigenvalue weighted by atomic mass is 9.81. The predicted octanol–water partition coefficient (Wildman–Crippen LogP) is 2.60. The zero-order chi connectivity index (χ0) is 13.0. The van der Waals surface area contributed by atoms with E-state index in [0.29, 0.717) is 6.04 Å². The molecule has 0 aromatic carbocycles. The fraction of sp³-hybridized carbons (Fsp3) is 1.00. The van der Waals surface area contributed by atoms with Gasteiger partial charge in [0.05, 0.1) is 12.2 Å². The molecular weight excluding hydrogens is 226 g/mol. The Morgan fingerprint density at radius 2 is 2.17 bits per heavy atom. The van der Waals surface area contributed by atoms with E-state index in [9.17, 15) is 0 Å². The number of ether oxygens (including phenoxy) is 2. The van der Waals surface area contributed by atoms with E-state index in [1.807, 2.05) is 0 Å². The summed E-state index contributed by atoms with van der Waals surface area (Å²) in [4.78, 5) is 0. The molecule has 2 fully saturated rings. The predicted molar refractivity (Wildman–Crippen MR) is 73.8 cm³/mol. The molecule has 0 aromatic heterocycles. The summed E-state index contributed by atoms with van der Waals surface area (Å²) in [5, 5.41) is 3.45. The monoisotopic (exact) mass is 255 g/mol. The summed E-state index contributed by atoms with van der Waals surface area (Å²) < 4.78 is 11.5.